The summed E-state index contributed by atoms with van der Waals surface area (Å²) in [5.41, 5.74) is 0.978. The second kappa shape index (κ2) is 10.2. The number of thioether (sulfide) groups is 1. The molecule has 0 aliphatic carbocycles. The summed E-state index contributed by atoms with van der Waals surface area (Å²) in [4.78, 5) is 29.8. The normalized spacial score (nSPS) is 11.0. The van der Waals surface area contributed by atoms with E-state index in [-0.39, 0.29) is 23.0 Å². The van der Waals surface area contributed by atoms with E-state index >= 15 is 0 Å². The molecule has 8 heteroatoms. The van der Waals surface area contributed by atoms with Crippen molar-refractivity contribution in [3.63, 3.8) is 0 Å². The molecule has 0 aliphatic rings. The number of benzene rings is 2. The van der Waals surface area contributed by atoms with Gasteiger partial charge in [0.05, 0.1) is 16.7 Å². The van der Waals surface area contributed by atoms with E-state index < -0.39 is 0 Å². The second-order valence-corrected chi connectivity index (χ2v) is 7.21. The van der Waals surface area contributed by atoms with Gasteiger partial charge in [0, 0.05) is 25.4 Å². The number of carbonyl (C=O) groups is 1. The van der Waals surface area contributed by atoms with E-state index in [0.717, 1.165) is 0 Å². The van der Waals surface area contributed by atoms with Gasteiger partial charge < -0.3 is 10.1 Å². The summed E-state index contributed by atoms with van der Waals surface area (Å²) in [6.07, 6.45) is 0.670. The van der Waals surface area contributed by atoms with Crippen molar-refractivity contribution < 1.29 is 13.9 Å². The molecule has 0 spiro atoms. The summed E-state index contributed by atoms with van der Waals surface area (Å²) in [5.74, 6) is -0.549. The fraction of sp³-hybridized carbons (Fsp3) is 0.286. The first-order valence-corrected chi connectivity index (χ1v) is 10.3. The number of hydrogen-bond donors (Lipinski definition) is 1. The number of fused-ring (bicyclic) bond motifs is 1. The molecule has 1 heterocycles. The lowest BCUT2D eigenvalue weighted by Crippen LogP contribution is -2.25. The van der Waals surface area contributed by atoms with Gasteiger partial charge in [0.15, 0.2) is 5.16 Å². The third-order valence-corrected chi connectivity index (χ3v) is 5.14. The molecular weight excluding hydrogens is 393 g/mol. The molecule has 1 aromatic heterocycles. The summed E-state index contributed by atoms with van der Waals surface area (Å²) in [7, 11) is 0. The predicted molar refractivity (Wildman–Crippen MR) is 113 cm³/mol. The van der Waals surface area contributed by atoms with E-state index in [0.29, 0.717) is 47.9 Å². The number of amides is 1. The van der Waals surface area contributed by atoms with E-state index in [9.17, 15) is 14.0 Å². The molecule has 1 N–H and O–H groups in total. The Labute approximate surface area is 172 Å². The molecule has 0 unspecified atom stereocenters. The fourth-order valence-electron chi connectivity index (χ4n) is 2.78. The van der Waals surface area contributed by atoms with Gasteiger partial charge >= 0.3 is 0 Å². The van der Waals surface area contributed by atoms with E-state index in [4.69, 9.17) is 4.74 Å². The van der Waals surface area contributed by atoms with Crippen molar-refractivity contribution in [2.24, 2.45) is 0 Å². The average molecular weight is 415 g/mol. The third kappa shape index (κ3) is 5.65. The molecule has 0 saturated heterocycles. The molecule has 3 aromatic rings. The van der Waals surface area contributed by atoms with Gasteiger partial charge in [0.1, 0.15) is 5.82 Å². The Morgan fingerprint density at radius 3 is 2.72 bits per heavy atom. The molecule has 29 heavy (non-hydrogen) atoms. The molecule has 6 nitrogen and oxygen atoms in total. The molecule has 1 amide bonds. The number of nitrogens with one attached hydrogen (secondary N) is 1. The van der Waals surface area contributed by atoms with Crippen molar-refractivity contribution in [1.29, 1.82) is 0 Å². The Hall–Kier alpha value is -2.71. The van der Waals surface area contributed by atoms with Crippen LogP contribution in [0.4, 0.5) is 10.1 Å². The Morgan fingerprint density at radius 1 is 1.21 bits per heavy atom. The van der Waals surface area contributed by atoms with E-state index in [1.807, 2.05) is 13.0 Å². The van der Waals surface area contributed by atoms with E-state index in [2.05, 4.69) is 10.3 Å². The lowest BCUT2D eigenvalue weighted by Gasteiger charge is -2.13. The van der Waals surface area contributed by atoms with Crippen LogP contribution < -0.4 is 10.9 Å². The number of para-hydroxylation sites is 1. The average Bonchev–Trinajstić information content (AvgIpc) is 2.73. The topological polar surface area (TPSA) is 73.2 Å². The summed E-state index contributed by atoms with van der Waals surface area (Å²) in [5, 5.41) is 3.74. The van der Waals surface area contributed by atoms with Crippen molar-refractivity contribution in [1.82, 2.24) is 9.55 Å². The molecule has 0 fully saturated rings. The SMILES string of the molecule is CCOCCCn1c(SCC(=O)Nc2ccc(F)cc2)nc2ccccc2c1=O. The largest absolute Gasteiger partial charge is 0.382 e. The van der Waals surface area contributed by atoms with Crippen LogP contribution in [0.3, 0.4) is 0 Å². The van der Waals surface area contributed by atoms with Gasteiger partial charge in [-0.25, -0.2) is 9.37 Å². The number of halogens is 1. The van der Waals surface area contributed by atoms with Crippen LogP contribution in [0.15, 0.2) is 58.5 Å². The first-order chi connectivity index (χ1) is 14.1. The highest BCUT2D eigenvalue weighted by Gasteiger charge is 2.13. The molecular formula is C21H22FN3O3S. The lowest BCUT2D eigenvalue weighted by atomic mass is 10.2. The van der Waals surface area contributed by atoms with E-state index in [1.165, 1.54) is 36.0 Å². The van der Waals surface area contributed by atoms with Gasteiger partial charge in [0.25, 0.3) is 5.56 Å². The monoisotopic (exact) mass is 415 g/mol. The maximum absolute atomic E-state index is 13.0. The molecule has 3 rings (SSSR count). The smallest absolute Gasteiger partial charge is 0.262 e. The number of nitrogens with zero attached hydrogens (tertiary/aromatic N) is 2. The number of rotatable bonds is 9. The highest BCUT2D eigenvalue weighted by molar-refractivity contribution is 7.99. The Morgan fingerprint density at radius 2 is 1.97 bits per heavy atom. The molecule has 0 aliphatic heterocycles. The first-order valence-electron chi connectivity index (χ1n) is 9.34. The lowest BCUT2D eigenvalue weighted by molar-refractivity contribution is -0.113. The zero-order valence-corrected chi connectivity index (χ0v) is 16.9. The van der Waals surface area contributed by atoms with Gasteiger partial charge in [-0.2, -0.15) is 0 Å². The maximum atomic E-state index is 13.0. The Bertz CT molecular complexity index is 1040. The standard InChI is InChI=1S/C21H22FN3O3S/c1-2-28-13-5-12-25-20(27)17-6-3-4-7-18(17)24-21(25)29-14-19(26)23-16-10-8-15(22)9-11-16/h3-4,6-11H,2,5,12-14H2,1H3,(H,23,26). The van der Waals surface area contributed by atoms with Crippen LogP contribution in [0.1, 0.15) is 13.3 Å². The zero-order valence-electron chi connectivity index (χ0n) is 16.1. The minimum atomic E-state index is -0.367. The van der Waals surface area contributed by atoms with Crippen LogP contribution in [0, 0.1) is 5.82 Å². The van der Waals surface area contributed by atoms with Crippen molar-refractivity contribution in [2.45, 2.75) is 25.0 Å². The van der Waals surface area contributed by atoms with Crippen molar-refractivity contribution in [2.75, 3.05) is 24.3 Å². The first kappa shape index (κ1) is 21.0. The summed E-state index contributed by atoms with van der Waals surface area (Å²) < 4.78 is 19.9. The number of hydrogen-bond acceptors (Lipinski definition) is 5. The van der Waals surface area contributed by atoms with Crippen LogP contribution in [-0.4, -0.2) is 34.4 Å². The summed E-state index contributed by atoms with van der Waals surface area (Å²) >= 11 is 1.20. The van der Waals surface area contributed by atoms with Crippen molar-refractivity contribution >= 4 is 34.3 Å². The van der Waals surface area contributed by atoms with Crippen LogP contribution in [0.2, 0.25) is 0 Å². The maximum Gasteiger partial charge on any atom is 0.262 e. The Balaban J connectivity index is 1.76. The van der Waals surface area contributed by atoms with Crippen LogP contribution in [0.25, 0.3) is 10.9 Å². The van der Waals surface area contributed by atoms with Crippen LogP contribution in [0.5, 0.6) is 0 Å². The van der Waals surface area contributed by atoms with Crippen LogP contribution in [-0.2, 0) is 16.1 Å². The van der Waals surface area contributed by atoms with Crippen molar-refractivity contribution in [3.05, 3.63) is 64.7 Å². The van der Waals surface area contributed by atoms with Crippen molar-refractivity contribution in [3.8, 4) is 0 Å². The van der Waals surface area contributed by atoms with E-state index in [1.54, 1.807) is 22.8 Å². The minimum absolute atomic E-state index is 0.0770. The van der Waals surface area contributed by atoms with Gasteiger partial charge in [-0.1, -0.05) is 23.9 Å². The number of anilines is 1. The highest BCUT2D eigenvalue weighted by atomic mass is 32.2. The molecule has 152 valence electrons. The predicted octanol–water partition coefficient (Wildman–Crippen LogP) is 3.69. The second-order valence-electron chi connectivity index (χ2n) is 6.26. The summed E-state index contributed by atoms with van der Waals surface area (Å²) in [6.45, 7) is 3.55. The molecule has 2 aromatic carbocycles. The molecule has 0 atom stereocenters. The molecule has 0 radical (unpaired) electrons. The Kier molecular flexibility index (Phi) is 7.37. The minimum Gasteiger partial charge on any atom is -0.382 e. The number of ether oxygens (including phenoxy) is 1. The highest BCUT2D eigenvalue weighted by Crippen LogP contribution is 2.19. The third-order valence-electron chi connectivity index (χ3n) is 4.16. The number of carbonyl (C=O) groups excluding carboxylic acids is 1. The number of aromatic nitrogens is 2. The van der Waals surface area contributed by atoms with Gasteiger partial charge in [-0.3, -0.25) is 14.2 Å². The quantitative estimate of drug-likeness (QED) is 0.328. The van der Waals surface area contributed by atoms with Gasteiger partial charge in [-0.15, -0.1) is 0 Å². The summed E-state index contributed by atoms with van der Waals surface area (Å²) in [6, 6.07) is 12.7. The molecule has 0 saturated carbocycles. The fourth-order valence-corrected chi connectivity index (χ4v) is 3.61. The van der Waals surface area contributed by atoms with Crippen LogP contribution >= 0.6 is 11.8 Å². The van der Waals surface area contributed by atoms with Gasteiger partial charge in [-0.05, 0) is 49.7 Å². The zero-order chi connectivity index (χ0) is 20.6. The van der Waals surface area contributed by atoms with Gasteiger partial charge in [0.2, 0.25) is 5.91 Å². The molecule has 0 bridgehead atoms.